The Morgan fingerprint density at radius 3 is 2.44 bits per heavy atom. The minimum atomic E-state index is -0.655. The topological polar surface area (TPSA) is 57.6 Å². The van der Waals surface area contributed by atoms with Gasteiger partial charge < -0.3 is 10.0 Å². The Morgan fingerprint density at radius 2 is 1.76 bits per heavy atom. The molecule has 0 unspecified atom stereocenters. The number of rotatable bonds is 5. The number of hydrogen-bond acceptors (Lipinski definition) is 3. The lowest BCUT2D eigenvalue weighted by Crippen LogP contribution is -2.40. The summed E-state index contributed by atoms with van der Waals surface area (Å²) >= 11 is 5.87. The van der Waals surface area contributed by atoms with Crippen LogP contribution in [-0.2, 0) is 11.2 Å². The number of ketones is 1. The third-order valence-corrected chi connectivity index (χ3v) is 4.76. The number of nitrogens with zero attached hydrogens (tertiary/aromatic N) is 1. The number of amides is 1. The average molecular weight is 358 g/mol. The molecule has 0 spiro atoms. The summed E-state index contributed by atoms with van der Waals surface area (Å²) in [5.41, 5.74) is 1.56. The van der Waals surface area contributed by atoms with Crippen molar-refractivity contribution < 1.29 is 14.7 Å². The Balaban J connectivity index is 1.67. The molecular weight excluding hydrogens is 338 g/mol. The van der Waals surface area contributed by atoms with Gasteiger partial charge in [-0.2, -0.15) is 0 Å². The normalized spacial score (nSPS) is 19.8. The van der Waals surface area contributed by atoms with Gasteiger partial charge in [0.15, 0.2) is 5.78 Å². The van der Waals surface area contributed by atoms with Gasteiger partial charge in [0, 0.05) is 30.0 Å². The number of likely N-dealkylation sites (tertiary alicyclic amines) is 1. The fourth-order valence-corrected chi connectivity index (χ4v) is 3.30. The van der Waals surface area contributed by atoms with Gasteiger partial charge in [-0.15, -0.1) is 0 Å². The monoisotopic (exact) mass is 357 g/mol. The highest BCUT2D eigenvalue weighted by Crippen LogP contribution is 2.23. The van der Waals surface area contributed by atoms with E-state index in [1.165, 1.54) is 4.90 Å². The molecule has 0 saturated carbocycles. The molecule has 1 aliphatic heterocycles. The van der Waals surface area contributed by atoms with Crippen molar-refractivity contribution in [1.82, 2.24) is 4.90 Å². The molecule has 1 N–H and O–H groups in total. The first-order chi connectivity index (χ1) is 12.0. The van der Waals surface area contributed by atoms with Gasteiger partial charge in [0.1, 0.15) is 0 Å². The van der Waals surface area contributed by atoms with Gasteiger partial charge in [-0.05, 0) is 36.2 Å². The van der Waals surface area contributed by atoms with E-state index in [-0.39, 0.29) is 18.2 Å². The number of benzene rings is 2. The summed E-state index contributed by atoms with van der Waals surface area (Å²) in [5.74, 6) is -0.224. The van der Waals surface area contributed by atoms with Crippen molar-refractivity contribution in [2.24, 2.45) is 0 Å². The van der Waals surface area contributed by atoms with Gasteiger partial charge in [0.2, 0.25) is 0 Å². The Hall–Kier alpha value is -2.17. The molecule has 25 heavy (non-hydrogen) atoms. The van der Waals surface area contributed by atoms with E-state index in [4.69, 9.17) is 11.6 Å². The van der Waals surface area contributed by atoms with Crippen LogP contribution in [0.3, 0.4) is 0 Å². The van der Waals surface area contributed by atoms with Crippen LogP contribution in [0.1, 0.15) is 28.8 Å². The minimum absolute atomic E-state index is 0.0178. The number of aryl methyl sites for hydroxylation is 1. The number of halogens is 1. The standard InChI is InChI=1S/C20H20ClNO3/c21-16-9-6-14(7-10-16)8-11-19(24)18-12-17(23)13-22(18)20(25)15-4-2-1-3-5-15/h1-7,9-10,17-18,23H,8,11-13H2/t17-,18+/m1/s1. The van der Waals surface area contributed by atoms with Gasteiger partial charge in [-0.3, -0.25) is 9.59 Å². The lowest BCUT2D eigenvalue weighted by molar-refractivity contribution is -0.122. The van der Waals surface area contributed by atoms with Crippen molar-refractivity contribution in [2.75, 3.05) is 6.54 Å². The first-order valence-electron chi connectivity index (χ1n) is 8.36. The molecule has 0 aromatic heterocycles. The highest BCUT2D eigenvalue weighted by Gasteiger charge is 2.38. The summed E-state index contributed by atoms with van der Waals surface area (Å²) in [6.45, 7) is 0.199. The summed E-state index contributed by atoms with van der Waals surface area (Å²) < 4.78 is 0. The zero-order valence-electron chi connectivity index (χ0n) is 13.8. The average Bonchev–Trinajstić information content (AvgIpc) is 3.03. The van der Waals surface area contributed by atoms with E-state index < -0.39 is 12.1 Å². The fraction of sp³-hybridized carbons (Fsp3) is 0.300. The predicted octanol–water partition coefficient (Wildman–Crippen LogP) is 3.12. The van der Waals surface area contributed by atoms with Gasteiger partial charge in [-0.1, -0.05) is 41.9 Å². The van der Waals surface area contributed by atoms with Crippen molar-refractivity contribution in [3.63, 3.8) is 0 Å². The number of aliphatic hydroxyl groups is 1. The molecule has 0 radical (unpaired) electrons. The van der Waals surface area contributed by atoms with Crippen LogP contribution < -0.4 is 0 Å². The molecule has 1 amide bonds. The predicted molar refractivity (Wildman–Crippen MR) is 96.7 cm³/mol. The van der Waals surface area contributed by atoms with Crippen LogP contribution in [-0.4, -0.2) is 40.4 Å². The van der Waals surface area contributed by atoms with E-state index in [1.54, 1.807) is 36.4 Å². The highest BCUT2D eigenvalue weighted by molar-refractivity contribution is 6.30. The van der Waals surface area contributed by atoms with E-state index in [2.05, 4.69) is 0 Å². The van der Waals surface area contributed by atoms with E-state index in [0.717, 1.165) is 5.56 Å². The summed E-state index contributed by atoms with van der Waals surface area (Å²) in [6, 6.07) is 15.7. The molecule has 2 aromatic rings. The van der Waals surface area contributed by atoms with Crippen LogP contribution in [0.4, 0.5) is 0 Å². The Kier molecular flexibility index (Phi) is 5.51. The van der Waals surface area contributed by atoms with Crippen molar-refractivity contribution in [3.8, 4) is 0 Å². The van der Waals surface area contributed by atoms with Crippen molar-refractivity contribution >= 4 is 23.3 Å². The van der Waals surface area contributed by atoms with Crippen molar-refractivity contribution in [3.05, 3.63) is 70.7 Å². The summed E-state index contributed by atoms with van der Waals surface area (Å²) in [5, 5.41) is 10.6. The molecule has 1 fully saturated rings. The Morgan fingerprint density at radius 1 is 1.08 bits per heavy atom. The maximum Gasteiger partial charge on any atom is 0.254 e. The molecule has 2 aromatic carbocycles. The van der Waals surface area contributed by atoms with Crippen molar-refractivity contribution in [1.29, 1.82) is 0 Å². The summed E-state index contributed by atoms with van der Waals surface area (Å²) in [7, 11) is 0. The van der Waals surface area contributed by atoms with Crippen molar-refractivity contribution in [2.45, 2.75) is 31.4 Å². The molecule has 1 aliphatic rings. The lowest BCUT2D eigenvalue weighted by atomic mass is 10.0. The van der Waals surface area contributed by atoms with Crippen LogP contribution in [0.5, 0.6) is 0 Å². The molecule has 0 aliphatic carbocycles. The van der Waals surface area contributed by atoms with Gasteiger partial charge in [-0.25, -0.2) is 0 Å². The molecule has 5 heteroatoms. The largest absolute Gasteiger partial charge is 0.391 e. The minimum Gasteiger partial charge on any atom is -0.391 e. The number of hydrogen-bond donors (Lipinski definition) is 1. The molecule has 1 saturated heterocycles. The van der Waals surface area contributed by atoms with Gasteiger partial charge in [0.05, 0.1) is 12.1 Å². The second-order valence-corrected chi connectivity index (χ2v) is 6.76. The van der Waals surface area contributed by atoms with E-state index >= 15 is 0 Å². The van der Waals surface area contributed by atoms with Crippen LogP contribution >= 0.6 is 11.6 Å². The Bertz CT molecular complexity index is 745. The summed E-state index contributed by atoms with van der Waals surface area (Å²) in [4.78, 5) is 26.8. The number of β-amino-alcohol motifs (C(OH)–C–C–N with tert-alkyl or cyclic N) is 1. The number of carbonyl (C=O) groups excluding carboxylic acids is 2. The molecule has 130 valence electrons. The van der Waals surface area contributed by atoms with E-state index in [9.17, 15) is 14.7 Å². The zero-order valence-corrected chi connectivity index (χ0v) is 14.5. The molecule has 3 rings (SSSR count). The summed E-state index contributed by atoms with van der Waals surface area (Å²) in [6.07, 6.45) is 0.572. The molecular formula is C20H20ClNO3. The number of aliphatic hydroxyl groups excluding tert-OH is 1. The van der Waals surface area contributed by atoms with Gasteiger partial charge in [0.25, 0.3) is 5.91 Å². The maximum absolute atomic E-state index is 12.7. The SMILES string of the molecule is O=C(CCc1ccc(Cl)cc1)[C@@H]1C[C@@H](O)CN1C(=O)c1ccccc1. The Labute approximate surface area is 152 Å². The third-order valence-electron chi connectivity index (χ3n) is 4.51. The van der Waals surface area contributed by atoms with Gasteiger partial charge >= 0.3 is 0 Å². The third kappa shape index (κ3) is 4.27. The van der Waals surface area contributed by atoms with E-state index in [0.29, 0.717) is 29.8 Å². The molecule has 1 heterocycles. The molecule has 2 atom stereocenters. The van der Waals surface area contributed by atoms with Crippen LogP contribution in [0.2, 0.25) is 5.02 Å². The highest BCUT2D eigenvalue weighted by atomic mass is 35.5. The number of Topliss-reactive ketones (excluding diaryl/α,β-unsaturated/α-hetero) is 1. The lowest BCUT2D eigenvalue weighted by Gasteiger charge is -2.23. The maximum atomic E-state index is 12.7. The smallest absolute Gasteiger partial charge is 0.254 e. The first-order valence-corrected chi connectivity index (χ1v) is 8.73. The second-order valence-electron chi connectivity index (χ2n) is 6.32. The first kappa shape index (κ1) is 17.6. The van der Waals surface area contributed by atoms with E-state index in [1.807, 2.05) is 18.2 Å². The molecule has 0 bridgehead atoms. The zero-order chi connectivity index (χ0) is 17.8. The number of carbonyl (C=O) groups is 2. The molecule has 4 nitrogen and oxygen atoms in total. The second kappa shape index (κ2) is 7.81. The van der Waals surface area contributed by atoms with Crippen LogP contribution in [0, 0.1) is 0 Å². The quantitative estimate of drug-likeness (QED) is 0.894. The fourth-order valence-electron chi connectivity index (χ4n) is 3.18. The van der Waals surface area contributed by atoms with Crippen LogP contribution in [0.25, 0.3) is 0 Å². The van der Waals surface area contributed by atoms with Crippen LogP contribution in [0.15, 0.2) is 54.6 Å².